The summed E-state index contributed by atoms with van der Waals surface area (Å²) < 4.78 is 7.22. The van der Waals surface area contributed by atoms with Crippen molar-refractivity contribution in [3.05, 3.63) is 83.9 Å². The van der Waals surface area contributed by atoms with E-state index in [4.69, 9.17) is 9.57 Å². The van der Waals surface area contributed by atoms with Crippen molar-refractivity contribution in [2.75, 3.05) is 38.4 Å². The van der Waals surface area contributed by atoms with Crippen molar-refractivity contribution in [2.45, 2.75) is 19.3 Å². The molecule has 0 atom stereocenters. The van der Waals surface area contributed by atoms with Crippen molar-refractivity contribution >= 4 is 39.3 Å². The van der Waals surface area contributed by atoms with Crippen LogP contribution in [-0.2, 0) is 20.8 Å². The monoisotopic (exact) mass is 514 g/mol. The third-order valence-corrected chi connectivity index (χ3v) is 7.99. The summed E-state index contributed by atoms with van der Waals surface area (Å²) in [5, 5.41) is 2.23. The van der Waals surface area contributed by atoms with Crippen LogP contribution in [0, 0.1) is 0 Å². The first-order valence-electron chi connectivity index (χ1n) is 12.5. The highest BCUT2D eigenvalue weighted by molar-refractivity contribution is 7.22. The van der Waals surface area contributed by atoms with Crippen LogP contribution in [-0.4, -0.2) is 50.4 Å². The maximum absolute atomic E-state index is 11.8. The fraction of sp³-hybridized carbons (Fsp3) is 0.267. The van der Waals surface area contributed by atoms with Crippen LogP contribution in [0.25, 0.3) is 20.5 Å². The molecule has 1 aliphatic rings. The average molecular weight is 515 g/mol. The predicted molar refractivity (Wildman–Crippen MR) is 148 cm³/mol. The van der Waals surface area contributed by atoms with Gasteiger partial charge in [-0.05, 0) is 84.8 Å². The van der Waals surface area contributed by atoms with E-state index in [0.29, 0.717) is 12.3 Å². The molecule has 5 rings (SSSR count). The largest absolute Gasteiger partial charge is 0.492 e. The maximum Gasteiger partial charge on any atom is 0.314 e. The molecule has 1 aromatic heterocycles. The van der Waals surface area contributed by atoms with Crippen LogP contribution >= 0.6 is 11.3 Å². The van der Waals surface area contributed by atoms with Gasteiger partial charge in [0.25, 0.3) is 0 Å². The molecule has 0 aliphatic carbocycles. The Morgan fingerprint density at radius 2 is 1.73 bits per heavy atom. The molecule has 6 nitrogen and oxygen atoms in total. The summed E-state index contributed by atoms with van der Waals surface area (Å²) in [7, 11) is 1.36. The number of benzene rings is 3. The Kier molecular flexibility index (Phi) is 7.94. The van der Waals surface area contributed by atoms with E-state index in [1.165, 1.54) is 59.1 Å². The first-order valence-corrected chi connectivity index (χ1v) is 13.4. The molecule has 4 aromatic rings. The molecule has 190 valence electrons. The third-order valence-electron chi connectivity index (χ3n) is 6.73. The highest BCUT2D eigenvalue weighted by atomic mass is 32.1. The van der Waals surface area contributed by atoms with Crippen molar-refractivity contribution in [3.63, 3.8) is 0 Å². The molecule has 0 N–H and O–H groups in total. The molecular formula is C30H30N2O4S. The lowest BCUT2D eigenvalue weighted by Crippen LogP contribution is -2.30. The van der Waals surface area contributed by atoms with Gasteiger partial charge in [-0.1, -0.05) is 42.5 Å². The lowest BCUT2D eigenvalue weighted by molar-refractivity contribution is -0.133. The summed E-state index contributed by atoms with van der Waals surface area (Å²) >= 11 is 1.76. The minimum Gasteiger partial charge on any atom is -0.492 e. The molecule has 0 saturated carbocycles. The molecule has 3 aromatic carbocycles. The van der Waals surface area contributed by atoms with Gasteiger partial charge in [0.1, 0.15) is 12.4 Å². The number of aldehydes is 1. The van der Waals surface area contributed by atoms with Crippen molar-refractivity contribution in [3.8, 4) is 16.2 Å². The highest BCUT2D eigenvalue weighted by Crippen LogP contribution is 2.40. The number of nitrogens with zero attached hydrogens (tertiary/aromatic N) is 2. The lowest BCUT2D eigenvalue weighted by Gasteiger charge is -2.17. The molecule has 1 amide bonds. The molecule has 0 bridgehead atoms. The van der Waals surface area contributed by atoms with Crippen LogP contribution in [0.15, 0.2) is 72.8 Å². The van der Waals surface area contributed by atoms with E-state index in [9.17, 15) is 9.59 Å². The summed E-state index contributed by atoms with van der Waals surface area (Å²) in [5.41, 5.74) is 4.04. The molecule has 7 heteroatoms. The first kappa shape index (κ1) is 25.1. The van der Waals surface area contributed by atoms with E-state index in [-0.39, 0.29) is 6.29 Å². The van der Waals surface area contributed by atoms with Crippen LogP contribution in [0.4, 0.5) is 5.69 Å². The first-order chi connectivity index (χ1) is 18.2. The summed E-state index contributed by atoms with van der Waals surface area (Å²) in [6, 6.07) is 24.4. The minimum absolute atomic E-state index is 0.241. The number of thiophene rings is 1. The fourth-order valence-electron chi connectivity index (χ4n) is 4.83. The number of likely N-dealkylation sites (tertiary alicyclic amines) is 1. The van der Waals surface area contributed by atoms with Crippen molar-refractivity contribution < 1.29 is 19.2 Å². The summed E-state index contributed by atoms with van der Waals surface area (Å²) in [6.07, 6.45) is 3.63. The van der Waals surface area contributed by atoms with Crippen molar-refractivity contribution in [1.82, 2.24) is 4.90 Å². The quantitative estimate of drug-likeness (QED) is 0.154. The molecule has 1 saturated heterocycles. The normalized spacial score (nSPS) is 13.6. The van der Waals surface area contributed by atoms with Gasteiger partial charge in [0, 0.05) is 16.1 Å². The van der Waals surface area contributed by atoms with Crippen LogP contribution in [0.3, 0.4) is 0 Å². The summed E-state index contributed by atoms with van der Waals surface area (Å²) in [5.74, 6) is 0.155. The number of fused-ring (bicyclic) bond motifs is 1. The number of anilines is 1. The molecule has 0 spiro atoms. The number of hydrogen-bond donors (Lipinski definition) is 0. The van der Waals surface area contributed by atoms with Gasteiger partial charge in [-0.3, -0.25) is 19.3 Å². The van der Waals surface area contributed by atoms with Gasteiger partial charge in [-0.2, -0.15) is 5.06 Å². The van der Waals surface area contributed by atoms with Gasteiger partial charge in [-0.25, -0.2) is 0 Å². The Hall–Kier alpha value is -3.52. The zero-order valence-electron chi connectivity index (χ0n) is 20.9. The smallest absolute Gasteiger partial charge is 0.314 e. The van der Waals surface area contributed by atoms with E-state index in [1.54, 1.807) is 23.5 Å². The second-order valence-electron chi connectivity index (χ2n) is 9.10. The van der Waals surface area contributed by atoms with Crippen LogP contribution < -0.4 is 9.80 Å². The Morgan fingerprint density at radius 1 is 1.00 bits per heavy atom. The van der Waals surface area contributed by atoms with E-state index in [0.717, 1.165) is 29.3 Å². The van der Waals surface area contributed by atoms with Crippen LogP contribution in [0.5, 0.6) is 5.75 Å². The number of amides is 1. The Bertz CT molecular complexity index is 1360. The standard InChI is InChI=1S/C30H30N2O4S/c1-35-32(29(34)21-33)24-12-10-23(11-13-24)30-27(26-6-2-3-7-28(26)37-30)20-22-8-14-25(15-9-22)36-19-18-31-16-4-5-17-31/h2-3,6-15,21H,4-5,16-20H2,1H3. The highest BCUT2D eigenvalue weighted by Gasteiger charge is 2.18. The third kappa shape index (κ3) is 5.74. The number of ether oxygens (including phenoxy) is 1. The van der Waals surface area contributed by atoms with Crippen LogP contribution in [0.2, 0.25) is 0 Å². The average Bonchev–Trinajstić information content (AvgIpc) is 3.59. The molecular weight excluding hydrogens is 484 g/mol. The molecule has 0 radical (unpaired) electrons. The fourth-order valence-corrected chi connectivity index (χ4v) is 6.06. The minimum atomic E-state index is -0.749. The Labute approximate surface area is 221 Å². The van der Waals surface area contributed by atoms with E-state index >= 15 is 0 Å². The topological polar surface area (TPSA) is 59.1 Å². The molecule has 1 fully saturated rings. The van der Waals surface area contributed by atoms with Crippen LogP contribution in [0.1, 0.15) is 24.0 Å². The summed E-state index contributed by atoms with van der Waals surface area (Å²) in [4.78, 5) is 31.5. The van der Waals surface area contributed by atoms with Crippen molar-refractivity contribution in [2.24, 2.45) is 0 Å². The number of carbonyl (C=O) groups is 2. The Morgan fingerprint density at radius 3 is 2.43 bits per heavy atom. The van der Waals surface area contributed by atoms with E-state index in [2.05, 4.69) is 53.4 Å². The van der Waals surface area contributed by atoms with E-state index in [1.807, 2.05) is 12.1 Å². The SMILES string of the molecule is CON(C(=O)C=O)c1ccc(-c2sc3ccccc3c2Cc2ccc(OCCN3CCCC3)cc2)cc1. The van der Waals surface area contributed by atoms with Gasteiger partial charge >= 0.3 is 5.91 Å². The zero-order valence-corrected chi connectivity index (χ0v) is 21.7. The maximum atomic E-state index is 11.8. The predicted octanol–water partition coefficient (Wildman–Crippen LogP) is 5.73. The number of hydroxylamine groups is 1. The molecule has 2 heterocycles. The second kappa shape index (κ2) is 11.7. The van der Waals surface area contributed by atoms with Gasteiger partial charge in [0.05, 0.1) is 12.8 Å². The molecule has 0 unspecified atom stereocenters. The number of carbonyl (C=O) groups excluding carboxylic acids is 2. The van der Waals surface area contributed by atoms with Gasteiger partial charge in [-0.15, -0.1) is 11.3 Å². The van der Waals surface area contributed by atoms with Crippen molar-refractivity contribution in [1.29, 1.82) is 0 Å². The van der Waals surface area contributed by atoms with Gasteiger partial charge in [0.2, 0.25) is 6.29 Å². The van der Waals surface area contributed by atoms with E-state index < -0.39 is 5.91 Å². The van der Waals surface area contributed by atoms with Gasteiger partial charge < -0.3 is 4.74 Å². The summed E-state index contributed by atoms with van der Waals surface area (Å²) in [6.45, 7) is 4.07. The lowest BCUT2D eigenvalue weighted by atomic mass is 9.99. The molecule has 37 heavy (non-hydrogen) atoms. The number of rotatable bonds is 10. The second-order valence-corrected chi connectivity index (χ2v) is 10.2. The van der Waals surface area contributed by atoms with Gasteiger partial charge in [0.15, 0.2) is 0 Å². The molecule has 1 aliphatic heterocycles. The Balaban J connectivity index is 1.36. The zero-order chi connectivity index (χ0) is 25.6. The number of hydrogen-bond acceptors (Lipinski definition) is 6.